The fraction of sp³-hybridized carbons (Fsp3) is 0.562. The molecule has 4 heteroatoms. The van der Waals surface area contributed by atoms with E-state index in [4.69, 9.17) is 19.4 Å². The van der Waals surface area contributed by atoms with Crippen LogP contribution in [0.3, 0.4) is 0 Å². The molecule has 1 aromatic carbocycles. The number of carbonyl (C=O) groups is 1. The number of benzene rings is 1. The Bertz CT molecular complexity index is 306. The summed E-state index contributed by atoms with van der Waals surface area (Å²) in [5.74, 6) is -0.833. The summed E-state index contributed by atoms with van der Waals surface area (Å²) in [6.07, 6.45) is 0.324. The molecule has 0 fully saturated rings. The Morgan fingerprint density at radius 2 is 1.70 bits per heavy atom. The fourth-order valence-electron chi connectivity index (χ4n) is 1.02. The van der Waals surface area contributed by atoms with Gasteiger partial charge in [-0.1, -0.05) is 35.9 Å². The molecule has 0 radical (unpaired) electrons. The first-order chi connectivity index (χ1) is 9.40. The van der Waals surface area contributed by atoms with Gasteiger partial charge in [0.25, 0.3) is 5.97 Å². The molecule has 0 aromatic heterocycles. The van der Waals surface area contributed by atoms with E-state index in [-0.39, 0.29) is 0 Å². The van der Waals surface area contributed by atoms with Crippen molar-refractivity contribution >= 4 is 5.97 Å². The van der Waals surface area contributed by atoms with Gasteiger partial charge in [-0.05, 0) is 27.7 Å². The average molecular weight is 284 g/mol. The highest BCUT2D eigenvalue weighted by Gasteiger charge is 1.90. The Hall–Kier alpha value is -1.39. The van der Waals surface area contributed by atoms with Crippen LogP contribution < -0.4 is 0 Å². The van der Waals surface area contributed by atoms with Crippen LogP contribution in [0.2, 0.25) is 0 Å². The molecule has 0 heterocycles. The second kappa shape index (κ2) is 15.7. The van der Waals surface area contributed by atoms with Gasteiger partial charge in [0, 0.05) is 13.5 Å². The van der Waals surface area contributed by atoms with Crippen LogP contribution in [0.1, 0.15) is 33.3 Å². The largest absolute Gasteiger partial charge is 0.481 e. The third-order valence-corrected chi connectivity index (χ3v) is 1.82. The Morgan fingerprint density at radius 3 is 2.00 bits per heavy atom. The summed E-state index contributed by atoms with van der Waals surface area (Å²) in [6.45, 7) is 11.4. The molecule has 1 rings (SSSR count). The van der Waals surface area contributed by atoms with E-state index >= 15 is 0 Å². The maximum absolute atomic E-state index is 9.00. The molecule has 0 bridgehead atoms. The monoisotopic (exact) mass is 284 g/mol. The SMILES string of the molecule is CC(=O)O.CCOCCOC(C)C.Cc1ccccc1. The van der Waals surface area contributed by atoms with Gasteiger partial charge >= 0.3 is 0 Å². The molecule has 0 spiro atoms. The highest BCUT2D eigenvalue weighted by molar-refractivity contribution is 5.62. The number of hydrogen-bond acceptors (Lipinski definition) is 3. The summed E-state index contributed by atoms with van der Waals surface area (Å²) in [5, 5.41) is 7.42. The number of aliphatic carboxylic acids is 1. The molecular weight excluding hydrogens is 256 g/mol. The minimum absolute atomic E-state index is 0.324. The average Bonchev–Trinajstić information content (AvgIpc) is 2.35. The van der Waals surface area contributed by atoms with Crippen molar-refractivity contribution < 1.29 is 19.4 Å². The first-order valence-corrected chi connectivity index (χ1v) is 6.80. The molecule has 0 aliphatic rings. The molecular formula is C16H28O4. The molecule has 0 aliphatic heterocycles. The second-order valence-corrected chi connectivity index (χ2v) is 4.29. The van der Waals surface area contributed by atoms with E-state index < -0.39 is 5.97 Å². The molecule has 4 nitrogen and oxygen atoms in total. The third kappa shape index (κ3) is 25.5. The fourth-order valence-corrected chi connectivity index (χ4v) is 1.02. The van der Waals surface area contributed by atoms with Crippen molar-refractivity contribution in [3.63, 3.8) is 0 Å². The zero-order valence-corrected chi connectivity index (χ0v) is 13.3. The lowest BCUT2D eigenvalue weighted by Gasteiger charge is -2.05. The lowest BCUT2D eigenvalue weighted by molar-refractivity contribution is -0.134. The molecule has 116 valence electrons. The predicted molar refractivity (Wildman–Crippen MR) is 82.1 cm³/mol. The van der Waals surface area contributed by atoms with Gasteiger partial charge in [0.15, 0.2) is 0 Å². The van der Waals surface area contributed by atoms with Crippen LogP contribution in [0, 0.1) is 6.92 Å². The number of carboxylic acid groups (broad SMARTS) is 1. The highest BCUT2D eigenvalue weighted by atomic mass is 16.5. The number of carboxylic acids is 1. The van der Waals surface area contributed by atoms with E-state index in [9.17, 15) is 0 Å². The smallest absolute Gasteiger partial charge is 0.300 e. The molecule has 1 aromatic rings. The van der Waals surface area contributed by atoms with E-state index in [1.807, 2.05) is 39.0 Å². The van der Waals surface area contributed by atoms with Crippen molar-refractivity contribution in [2.75, 3.05) is 19.8 Å². The number of ether oxygens (including phenoxy) is 2. The van der Waals surface area contributed by atoms with E-state index in [1.54, 1.807) is 0 Å². The maximum atomic E-state index is 9.00. The topological polar surface area (TPSA) is 55.8 Å². The minimum Gasteiger partial charge on any atom is -0.481 e. The van der Waals surface area contributed by atoms with E-state index in [1.165, 1.54) is 5.56 Å². The molecule has 0 unspecified atom stereocenters. The normalized spacial score (nSPS) is 9.10. The summed E-state index contributed by atoms with van der Waals surface area (Å²) in [7, 11) is 0. The van der Waals surface area contributed by atoms with Gasteiger partial charge in [0.05, 0.1) is 19.3 Å². The second-order valence-electron chi connectivity index (χ2n) is 4.29. The summed E-state index contributed by atoms with van der Waals surface area (Å²) in [5.41, 5.74) is 1.32. The van der Waals surface area contributed by atoms with Gasteiger partial charge in [-0.2, -0.15) is 0 Å². The summed E-state index contributed by atoms with van der Waals surface area (Å²) < 4.78 is 10.3. The zero-order valence-electron chi connectivity index (χ0n) is 13.3. The first-order valence-electron chi connectivity index (χ1n) is 6.80. The van der Waals surface area contributed by atoms with Gasteiger partial charge in [0.2, 0.25) is 0 Å². The van der Waals surface area contributed by atoms with Gasteiger partial charge in [-0.3, -0.25) is 4.79 Å². The minimum atomic E-state index is -0.833. The number of rotatable bonds is 5. The first kappa shape index (κ1) is 20.9. The third-order valence-electron chi connectivity index (χ3n) is 1.82. The van der Waals surface area contributed by atoms with Crippen LogP contribution in [0.25, 0.3) is 0 Å². The standard InChI is InChI=1S/C7H16O2.C7H8.C2H4O2/c1-4-8-5-6-9-7(2)3;1-7-5-3-2-4-6-7;1-2(3)4/h7H,4-6H2,1-3H3;2-6H,1H3;1H3,(H,3,4). The molecule has 0 aliphatic carbocycles. The molecule has 20 heavy (non-hydrogen) atoms. The van der Waals surface area contributed by atoms with Crippen molar-refractivity contribution in [1.29, 1.82) is 0 Å². The van der Waals surface area contributed by atoms with Crippen LogP contribution in [-0.2, 0) is 14.3 Å². The Balaban J connectivity index is 0. The van der Waals surface area contributed by atoms with Crippen molar-refractivity contribution in [2.24, 2.45) is 0 Å². The maximum Gasteiger partial charge on any atom is 0.300 e. The number of hydrogen-bond donors (Lipinski definition) is 1. The van der Waals surface area contributed by atoms with Gasteiger partial charge in [-0.15, -0.1) is 0 Å². The molecule has 0 atom stereocenters. The predicted octanol–water partition coefficient (Wildman–Crippen LogP) is 3.53. The van der Waals surface area contributed by atoms with Crippen LogP contribution in [0.5, 0.6) is 0 Å². The Labute approximate surface area is 122 Å². The Morgan fingerprint density at radius 1 is 1.20 bits per heavy atom. The molecule has 0 saturated carbocycles. The lowest BCUT2D eigenvalue weighted by Crippen LogP contribution is -2.09. The summed E-state index contributed by atoms with van der Waals surface area (Å²) in [4.78, 5) is 9.00. The highest BCUT2D eigenvalue weighted by Crippen LogP contribution is 1.92. The van der Waals surface area contributed by atoms with Crippen molar-refractivity contribution in [2.45, 2.75) is 40.7 Å². The van der Waals surface area contributed by atoms with Crippen LogP contribution >= 0.6 is 0 Å². The van der Waals surface area contributed by atoms with Crippen LogP contribution in [0.4, 0.5) is 0 Å². The van der Waals surface area contributed by atoms with Crippen molar-refractivity contribution in [3.8, 4) is 0 Å². The van der Waals surface area contributed by atoms with Crippen molar-refractivity contribution in [3.05, 3.63) is 35.9 Å². The number of aryl methyl sites for hydroxylation is 1. The molecule has 0 amide bonds. The van der Waals surface area contributed by atoms with E-state index in [0.717, 1.165) is 13.5 Å². The van der Waals surface area contributed by atoms with Gasteiger partial charge in [-0.25, -0.2) is 0 Å². The van der Waals surface area contributed by atoms with E-state index in [2.05, 4.69) is 19.1 Å². The lowest BCUT2D eigenvalue weighted by atomic mass is 10.2. The van der Waals surface area contributed by atoms with Gasteiger partial charge < -0.3 is 14.6 Å². The summed E-state index contributed by atoms with van der Waals surface area (Å²) >= 11 is 0. The molecule has 1 N–H and O–H groups in total. The van der Waals surface area contributed by atoms with Crippen LogP contribution in [-0.4, -0.2) is 37.0 Å². The summed E-state index contributed by atoms with van der Waals surface area (Å²) in [6, 6.07) is 10.3. The molecule has 0 saturated heterocycles. The van der Waals surface area contributed by atoms with E-state index in [0.29, 0.717) is 19.3 Å². The quantitative estimate of drug-likeness (QED) is 0.840. The van der Waals surface area contributed by atoms with Crippen molar-refractivity contribution in [1.82, 2.24) is 0 Å². The van der Waals surface area contributed by atoms with Gasteiger partial charge in [0.1, 0.15) is 0 Å². The zero-order chi connectivity index (χ0) is 15.8. The Kier molecular flexibility index (Phi) is 16.4. The van der Waals surface area contributed by atoms with Crippen LogP contribution in [0.15, 0.2) is 30.3 Å².